The van der Waals surface area contributed by atoms with Gasteiger partial charge in [-0.3, -0.25) is 4.79 Å². The van der Waals surface area contributed by atoms with Crippen LogP contribution in [0.5, 0.6) is 0 Å². The van der Waals surface area contributed by atoms with Crippen molar-refractivity contribution in [1.29, 1.82) is 0 Å². The van der Waals surface area contributed by atoms with Crippen LogP contribution in [0.1, 0.15) is 25.0 Å². The van der Waals surface area contributed by atoms with Crippen LogP contribution in [0.15, 0.2) is 35.4 Å². The molecule has 0 heterocycles. The number of hydrogen-bond donors (Lipinski definition) is 0. The maximum absolute atomic E-state index is 11.2. The minimum Gasteiger partial charge on any atom is -0.466 e. The number of rotatable bonds is 8. The first-order valence-corrected chi connectivity index (χ1v) is 6.11. The minimum atomic E-state index is -0.341. The SMILES string of the molecule is CCOC(=O)CCO[C@@H](CN=[N+]=[N-])c1ccccc1. The number of benzene rings is 1. The summed E-state index contributed by atoms with van der Waals surface area (Å²) in [5.41, 5.74) is 9.29. The van der Waals surface area contributed by atoms with E-state index in [2.05, 4.69) is 10.0 Å². The number of nitrogens with zero attached hydrogens (tertiary/aromatic N) is 3. The van der Waals surface area contributed by atoms with Gasteiger partial charge in [-0.1, -0.05) is 35.4 Å². The number of ether oxygens (including phenoxy) is 2. The molecule has 0 saturated carbocycles. The maximum Gasteiger partial charge on any atom is 0.308 e. The minimum absolute atomic E-state index is 0.188. The molecule has 0 bridgehead atoms. The average molecular weight is 263 g/mol. The van der Waals surface area contributed by atoms with E-state index in [1.165, 1.54) is 0 Å². The van der Waals surface area contributed by atoms with Crippen molar-refractivity contribution in [2.75, 3.05) is 19.8 Å². The average Bonchev–Trinajstić information content (AvgIpc) is 2.44. The molecule has 6 nitrogen and oxygen atoms in total. The summed E-state index contributed by atoms with van der Waals surface area (Å²) < 4.78 is 10.4. The smallest absolute Gasteiger partial charge is 0.308 e. The molecule has 0 N–H and O–H groups in total. The Morgan fingerprint density at radius 2 is 2.16 bits per heavy atom. The zero-order chi connectivity index (χ0) is 13.9. The molecule has 0 aliphatic carbocycles. The molecule has 1 aromatic rings. The predicted molar refractivity (Wildman–Crippen MR) is 70.4 cm³/mol. The summed E-state index contributed by atoms with van der Waals surface area (Å²) in [6, 6.07) is 9.44. The van der Waals surface area contributed by atoms with Gasteiger partial charge in [0.2, 0.25) is 0 Å². The van der Waals surface area contributed by atoms with Crippen molar-refractivity contribution in [2.24, 2.45) is 5.11 Å². The van der Waals surface area contributed by atoms with E-state index in [1.54, 1.807) is 6.92 Å². The van der Waals surface area contributed by atoms with Crippen LogP contribution in [0.4, 0.5) is 0 Å². The van der Waals surface area contributed by atoms with Gasteiger partial charge < -0.3 is 9.47 Å². The van der Waals surface area contributed by atoms with E-state index in [0.29, 0.717) is 6.61 Å². The molecule has 1 rings (SSSR count). The fraction of sp³-hybridized carbons (Fsp3) is 0.462. The molecule has 6 heteroatoms. The Hall–Kier alpha value is -2.04. The Morgan fingerprint density at radius 3 is 2.79 bits per heavy atom. The highest BCUT2D eigenvalue weighted by molar-refractivity contribution is 5.69. The van der Waals surface area contributed by atoms with Gasteiger partial charge >= 0.3 is 5.97 Å². The summed E-state index contributed by atoms with van der Waals surface area (Å²) in [4.78, 5) is 13.9. The third-order valence-corrected chi connectivity index (χ3v) is 2.41. The van der Waals surface area contributed by atoms with Gasteiger partial charge in [-0.2, -0.15) is 0 Å². The van der Waals surface area contributed by atoms with Crippen molar-refractivity contribution >= 4 is 5.97 Å². The van der Waals surface area contributed by atoms with Crippen molar-refractivity contribution < 1.29 is 14.3 Å². The Labute approximate surface area is 112 Å². The van der Waals surface area contributed by atoms with Crippen LogP contribution >= 0.6 is 0 Å². The molecular formula is C13H17N3O3. The van der Waals surface area contributed by atoms with Crippen LogP contribution in [0, 0.1) is 0 Å². The van der Waals surface area contributed by atoms with Crippen molar-refractivity contribution in [2.45, 2.75) is 19.4 Å². The third kappa shape index (κ3) is 5.90. The van der Waals surface area contributed by atoms with E-state index >= 15 is 0 Å². The lowest BCUT2D eigenvalue weighted by Gasteiger charge is -2.15. The lowest BCUT2D eigenvalue weighted by atomic mass is 10.1. The van der Waals surface area contributed by atoms with E-state index in [0.717, 1.165) is 5.56 Å². The van der Waals surface area contributed by atoms with E-state index in [9.17, 15) is 4.79 Å². The van der Waals surface area contributed by atoms with Gasteiger partial charge in [0.05, 0.1) is 32.3 Å². The standard InChI is InChI=1S/C13H17N3O3/c1-2-18-13(17)8-9-19-12(10-15-16-14)11-6-4-3-5-7-11/h3-7,12H,2,8-10H2,1H3/t12-/m0/s1. The highest BCUT2D eigenvalue weighted by Gasteiger charge is 2.11. The first kappa shape index (κ1) is 15.0. The molecule has 0 unspecified atom stereocenters. The molecule has 102 valence electrons. The molecule has 0 aliphatic heterocycles. The van der Waals surface area contributed by atoms with Gasteiger partial charge in [-0.05, 0) is 18.0 Å². The number of carbonyl (C=O) groups is 1. The quantitative estimate of drug-likeness (QED) is 0.313. The molecular weight excluding hydrogens is 246 g/mol. The second kappa shape index (κ2) is 8.97. The lowest BCUT2D eigenvalue weighted by Crippen LogP contribution is -2.13. The highest BCUT2D eigenvalue weighted by Crippen LogP contribution is 2.17. The molecule has 0 amide bonds. The summed E-state index contributed by atoms with van der Waals surface area (Å²) in [5, 5.41) is 3.52. The molecule has 0 fully saturated rings. The third-order valence-electron chi connectivity index (χ3n) is 2.41. The van der Waals surface area contributed by atoms with Crippen LogP contribution in [0.25, 0.3) is 10.4 Å². The van der Waals surface area contributed by atoms with Crippen LogP contribution in [-0.4, -0.2) is 25.7 Å². The number of hydrogen-bond acceptors (Lipinski definition) is 4. The Balaban J connectivity index is 2.51. The molecule has 0 saturated heterocycles. The van der Waals surface area contributed by atoms with Gasteiger partial charge in [0.25, 0.3) is 0 Å². The fourth-order valence-corrected chi connectivity index (χ4v) is 1.55. The Bertz CT molecular complexity index is 430. The monoisotopic (exact) mass is 263 g/mol. The van der Waals surface area contributed by atoms with E-state index in [4.69, 9.17) is 15.0 Å². The van der Waals surface area contributed by atoms with Gasteiger partial charge in [0.15, 0.2) is 0 Å². The van der Waals surface area contributed by atoms with Crippen LogP contribution < -0.4 is 0 Å². The zero-order valence-electron chi connectivity index (χ0n) is 10.9. The largest absolute Gasteiger partial charge is 0.466 e. The predicted octanol–water partition coefficient (Wildman–Crippen LogP) is 3.01. The highest BCUT2D eigenvalue weighted by atomic mass is 16.5. The molecule has 0 aliphatic rings. The summed E-state index contributed by atoms with van der Waals surface area (Å²) in [6.45, 7) is 2.55. The summed E-state index contributed by atoms with van der Waals surface area (Å²) in [6.07, 6.45) is -0.153. The van der Waals surface area contributed by atoms with Crippen molar-refractivity contribution in [1.82, 2.24) is 0 Å². The van der Waals surface area contributed by atoms with Gasteiger partial charge in [0, 0.05) is 4.91 Å². The first-order chi connectivity index (χ1) is 9.27. The Morgan fingerprint density at radius 1 is 1.42 bits per heavy atom. The van der Waals surface area contributed by atoms with E-state index in [1.807, 2.05) is 30.3 Å². The number of esters is 1. The van der Waals surface area contributed by atoms with Crippen LogP contribution in [0.3, 0.4) is 0 Å². The van der Waals surface area contributed by atoms with Crippen molar-refractivity contribution in [3.8, 4) is 0 Å². The molecule has 0 aromatic heterocycles. The Kier molecular flexibility index (Phi) is 7.09. The summed E-state index contributed by atoms with van der Waals surface area (Å²) >= 11 is 0. The number of azide groups is 1. The van der Waals surface area contributed by atoms with E-state index < -0.39 is 0 Å². The summed E-state index contributed by atoms with van der Waals surface area (Å²) in [7, 11) is 0. The van der Waals surface area contributed by atoms with Gasteiger partial charge in [-0.15, -0.1) is 0 Å². The molecule has 1 aromatic carbocycles. The zero-order valence-corrected chi connectivity index (χ0v) is 10.9. The van der Waals surface area contributed by atoms with E-state index in [-0.39, 0.29) is 31.6 Å². The topological polar surface area (TPSA) is 84.3 Å². The molecule has 0 radical (unpaired) electrons. The second-order valence-electron chi connectivity index (χ2n) is 3.74. The second-order valence-corrected chi connectivity index (χ2v) is 3.74. The van der Waals surface area contributed by atoms with Gasteiger partial charge in [0.1, 0.15) is 0 Å². The lowest BCUT2D eigenvalue weighted by molar-refractivity contribution is -0.144. The first-order valence-electron chi connectivity index (χ1n) is 6.11. The number of carbonyl (C=O) groups excluding carboxylic acids is 1. The van der Waals surface area contributed by atoms with Crippen molar-refractivity contribution in [3.05, 3.63) is 46.3 Å². The summed E-state index contributed by atoms with van der Waals surface area (Å²) in [5.74, 6) is -0.293. The molecule has 19 heavy (non-hydrogen) atoms. The van der Waals surface area contributed by atoms with Crippen LogP contribution in [-0.2, 0) is 14.3 Å². The van der Waals surface area contributed by atoms with Crippen molar-refractivity contribution in [3.63, 3.8) is 0 Å². The maximum atomic E-state index is 11.2. The fourth-order valence-electron chi connectivity index (χ4n) is 1.55. The van der Waals surface area contributed by atoms with Crippen LogP contribution in [0.2, 0.25) is 0 Å². The molecule has 1 atom stereocenters. The normalized spacial score (nSPS) is 11.4. The molecule has 0 spiro atoms. The van der Waals surface area contributed by atoms with Gasteiger partial charge in [-0.25, -0.2) is 0 Å².